The fraction of sp³-hybridized carbons (Fsp3) is 0.655. The number of carbonyl (C=O) groups is 2. The monoisotopic (exact) mass is 456 g/mol. The maximum Gasteiger partial charge on any atom is 0.316 e. The molecule has 0 saturated heterocycles. The molecule has 0 aromatic heterocycles. The van der Waals surface area contributed by atoms with Crippen LogP contribution in [0.4, 0.5) is 0 Å². The summed E-state index contributed by atoms with van der Waals surface area (Å²) in [7, 11) is 0. The summed E-state index contributed by atoms with van der Waals surface area (Å²) in [6.45, 7) is 15.8. The van der Waals surface area contributed by atoms with Crippen molar-refractivity contribution in [1.82, 2.24) is 0 Å². The Kier molecular flexibility index (Phi) is 9.90. The summed E-state index contributed by atoms with van der Waals surface area (Å²) in [5.41, 5.74) is 3.98. The fourth-order valence-electron chi connectivity index (χ4n) is 4.87. The van der Waals surface area contributed by atoms with Crippen LogP contribution in [0.25, 0.3) is 5.57 Å². The highest BCUT2D eigenvalue weighted by molar-refractivity contribution is 6.09. The molecule has 1 fully saturated rings. The topological polar surface area (TPSA) is 52.6 Å². The maximum atomic E-state index is 12.8. The summed E-state index contributed by atoms with van der Waals surface area (Å²) < 4.78 is 11.9. The van der Waals surface area contributed by atoms with Crippen LogP contribution in [0.15, 0.2) is 17.9 Å². The van der Waals surface area contributed by atoms with Crippen molar-refractivity contribution in [3.8, 4) is 0 Å². The summed E-state index contributed by atoms with van der Waals surface area (Å²) in [5.74, 6) is 0.876. The lowest BCUT2D eigenvalue weighted by Gasteiger charge is -2.30. The average molecular weight is 457 g/mol. The highest BCUT2D eigenvalue weighted by Crippen LogP contribution is 2.33. The molecular weight excluding hydrogens is 412 g/mol. The Morgan fingerprint density at radius 1 is 1.06 bits per heavy atom. The van der Waals surface area contributed by atoms with Crippen molar-refractivity contribution in [3.05, 3.63) is 40.1 Å². The predicted molar refractivity (Wildman–Crippen MR) is 135 cm³/mol. The Labute approximate surface area is 201 Å². The fourth-order valence-corrected chi connectivity index (χ4v) is 4.87. The van der Waals surface area contributed by atoms with Gasteiger partial charge in [0, 0.05) is 6.42 Å². The minimum Gasteiger partial charge on any atom is -0.430 e. The van der Waals surface area contributed by atoms with Crippen LogP contribution in [0.2, 0.25) is 0 Å². The van der Waals surface area contributed by atoms with Gasteiger partial charge < -0.3 is 9.47 Å². The molecule has 1 saturated carbocycles. The lowest BCUT2D eigenvalue weighted by Crippen LogP contribution is -2.24. The second-order valence-electron chi connectivity index (χ2n) is 11.1. The van der Waals surface area contributed by atoms with Gasteiger partial charge in [-0.3, -0.25) is 9.59 Å². The predicted octanol–water partition coefficient (Wildman–Crippen LogP) is 7.27. The van der Waals surface area contributed by atoms with Crippen molar-refractivity contribution in [3.63, 3.8) is 0 Å². The van der Waals surface area contributed by atoms with Crippen LogP contribution in [0, 0.1) is 32.1 Å². The van der Waals surface area contributed by atoms with Gasteiger partial charge in [-0.1, -0.05) is 24.1 Å². The van der Waals surface area contributed by atoms with Crippen molar-refractivity contribution < 1.29 is 19.1 Å². The molecule has 0 atom stereocenters. The number of hydrogen-bond acceptors (Lipinski definition) is 4. The summed E-state index contributed by atoms with van der Waals surface area (Å²) >= 11 is 0. The third kappa shape index (κ3) is 8.10. The third-order valence-corrected chi connectivity index (χ3v) is 6.47. The van der Waals surface area contributed by atoms with E-state index in [0.717, 1.165) is 54.2 Å². The number of aryl methyl sites for hydroxylation is 3. The summed E-state index contributed by atoms with van der Waals surface area (Å²) in [4.78, 5) is 25.0. The van der Waals surface area contributed by atoms with E-state index in [-0.39, 0.29) is 12.1 Å². The van der Waals surface area contributed by atoms with Crippen molar-refractivity contribution >= 4 is 17.8 Å². The first kappa shape index (κ1) is 27.3. The summed E-state index contributed by atoms with van der Waals surface area (Å²) in [5, 5.41) is 0. The highest BCUT2D eigenvalue weighted by Gasteiger charge is 2.27. The molecule has 2 rings (SSSR count). The molecule has 0 spiro atoms. The van der Waals surface area contributed by atoms with Gasteiger partial charge in [0.2, 0.25) is 0 Å². The zero-order valence-electron chi connectivity index (χ0n) is 22.0. The molecular formula is C29H44O4. The van der Waals surface area contributed by atoms with Gasteiger partial charge in [0.1, 0.15) is 5.76 Å². The molecule has 1 aromatic rings. The van der Waals surface area contributed by atoms with E-state index in [0.29, 0.717) is 29.8 Å². The smallest absolute Gasteiger partial charge is 0.316 e. The zero-order valence-corrected chi connectivity index (χ0v) is 22.0. The van der Waals surface area contributed by atoms with Crippen LogP contribution in [0.1, 0.15) is 102 Å². The van der Waals surface area contributed by atoms with Gasteiger partial charge in [-0.25, -0.2) is 0 Å². The maximum absolute atomic E-state index is 12.8. The number of allylic oxidation sites excluding steroid dienone is 2. The number of hydrogen-bond donors (Lipinski definition) is 0. The van der Waals surface area contributed by atoms with E-state index >= 15 is 0 Å². The molecule has 0 N–H and O–H groups in total. The zero-order chi connectivity index (χ0) is 24.8. The van der Waals surface area contributed by atoms with E-state index in [9.17, 15) is 9.59 Å². The van der Waals surface area contributed by atoms with Gasteiger partial charge >= 0.3 is 5.97 Å². The summed E-state index contributed by atoms with van der Waals surface area (Å²) in [6.07, 6.45) is 8.68. The molecule has 1 aliphatic carbocycles. The van der Waals surface area contributed by atoms with E-state index in [2.05, 4.69) is 32.9 Å². The molecule has 1 aliphatic rings. The minimum absolute atomic E-state index is 0.284. The molecule has 1 aromatic carbocycles. The lowest BCUT2D eigenvalue weighted by molar-refractivity contribution is -0.148. The first-order valence-corrected chi connectivity index (χ1v) is 12.6. The summed E-state index contributed by atoms with van der Waals surface area (Å²) in [6, 6.07) is 4.15. The minimum atomic E-state index is -0.634. The van der Waals surface area contributed by atoms with Gasteiger partial charge in [-0.2, -0.15) is 0 Å². The van der Waals surface area contributed by atoms with Crippen LogP contribution in [0.3, 0.4) is 0 Å². The molecule has 0 radical (unpaired) electrons. The highest BCUT2D eigenvalue weighted by atomic mass is 16.5. The van der Waals surface area contributed by atoms with E-state index in [4.69, 9.17) is 9.47 Å². The molecule has 4 heteroatoms. The largest absolute Gasteiger partial charge is 0.430 e. The standard InChI is InChI=1S/C29H44O4/c1-19(2)32-24-14-12-23(13-15-24)10-9-11-26(33-28(31)29(6,7)8)25(18-30)27-21(4)16-20(3)17-22(27)5/h16-19,23-24H,9-15H2,1-8H3/b26-25-. The molecule has 4 nitrogen and oxygen atoms in total. The van der Waals surface area contributed by atoms with Crippen molar-refractivity contribution in [2.24, 2.45) is 11.3 Å². The van der Waals surface area contributed by atoms with E-state index in [1.54, 1.807) is 0 Å². The van der Waals surface area contributed by atoms with Gasteiger partial charge in [0.15, 0.2) is 6.29 Å². The number of aldehydes is 1. The molecule has 0 aliphatic heterocycles. The Bertz CT molecular complexity index is 826. The quantitative estimate of drug-likeness (QED) is 0.170. The van der Waals surface area contributed by atoms with Crippen LogP contribution in [-0.4, -0.2) is 24.5 Å². The van der Waals surface area contributed by atoms with E-state index < -0.39 is 5.41 Å². The number of carbonyl (C=O) groups excluding carboxylic acids is 2. The van der Waals surface area contributed by atoms with Crippen LogP contribution < -0.4 is 0 Å². The number of ether oxygens (including phenoxy) is 2. The van der Waals surface area contributed by atoms with Crippen molar-refractivity contribution in [2.45, 2.75) is 113 Å². The normalized spacial score (nSPS) is 19.9. The first-order chi connectivity index (χ1) is 15.4. The number of rotatable bonds is 9. The molecule has 0 unspecified atom stereocenters. The molecule has 0 bridgehead atoms. The molecule has 0 heterocycles. The lowest BCUT2D eigenvalue weighted by atomic mass is 9.84. The third-order valence-electron chi connectivity index (χ3n) is 6.47. The van der Waals surface area contributed by atoms with E-state index in [1.807, 2.05) is 34.6 Å². The Balaban J connectivity index is 2.19. The van der Waals surface area contributed by atoms with Crippen molar-refractivity contribution in [1.29, 1.82) is 0 Å². The number of esters is 1. The average Bonchev–Trinajstić information content (AvgIpc) is 2.70. The van der Waals surface area contributed by atoms with Crippen LogP contribution in [0.5, 0.6) is 0 Å². The van der Waals surface area contributed by atoms with Crippen LogP contribution in [-0.2, 0) is 19.1 Å². The van der Waals surface area contributed by atoms with Crippen molar-refractivity contribution in [2.75, 3.05) is 0 Å². The van der Waals surface area contributed by atoms with E-state index in [1.165, 1.54) is 12.8 Å². The SMILES string of the molecule is Cc1cc(C)c(/C(C=O)=C(/CCCC2CCC(OC(C)C)CC2)OC(=O)C(C)(C)C)c(C)c1. The second-order valence-corrected chi connectivity index (χ2v) is 11.1. The van der Waals surface area contributed by atoms with Gasteiger partial charge in [-0.15, -0.1) is 0 Å². The Morgan fingerprint density at radius 2 is 1.64 bits per heavy atom. The number of benzene rings is 1. The molecule has 33 heavy (non-hydrogen) atoms. The second kappa shape index (κ2) is 12.0. The van der Waals surface area contributed by atoms with Gasteiger partial charge in [0.25, 0.3) is 0 Å². The van der Waals surface area contributed by atoms with Crippen LogP contribution >= 0.6 is 0 Å². The molecule has 0 amide bonds. The van der Waals surface area contributed by atoms with Gasteiger partial charge in [0.05, 0.1) is 23.2 Å². The molecule has 184 valence electrons. The first-order valence-electron chi connectivity index (χ1n) is 12.6. The Morgan fingerprint density at radius 3 is 2.12 bits per heavy atom. The Hall–Kier alpha value is -1.94. The van der Waals surface area contributed by atoms with Gasteiger partial charge in [-0.05, 0) is 110 Å².